The van der Waals surface area contributed by atoms with E-state index in [9.17, 15) is 4.79 Å². The van der Waals surface area contributed by atoms with Crippen LogP contribution in [0.2, 0.25) is 0 Å². The molecule has 2 saturated heterocycles. The highest BCUT2D eigenvalue weighted by molar-refractivity contribution is 6.19. The number of rotatable bonds is 1. The van der Waals surface area contributed by atoms with E-state index in [1.807, 2.05) is 4.90 Å². The number of carbonyl (C=O) groups excluding carboxylic acids is 1. The van der Waals surface area contributed by atoms with Gasteiger partial charge in [0.05, 0.1) is 0 Å². The Hall–Kier alpha value is -0.440. The van der Waals surface area contributed by atoms with Gasteiger partial charge in [0, 0.05) is 12.1 Å². The summed E-state index contributed by atoms with van der Waals surface area (Å²) in [6.45, 7) is 1.67. The van der Waals surface area contributed by atoms with Gasteiger partial charge in [0.1, 0.15) is 0 Å². The Bertz CT molecular complexity index is 216. The molecule has 0 N–H and O–H groups in total. The molecule has 0 aromatic heterocycles. The van der Waals surface area contributed by atoms with Crippen LogP contribution in [0.15, 0.2) is 0 Å². The molecule has 0 aromatic carbocycles. The van der Waals surface area contributed by atoms with Crippen LogP contribution in [-0.4, -0.2) is 28.6 Å². The van der Waals surface area contributed by atoms with Crippen molar-refractivity contribution in [2.24, 2.45) is 0 Å². The van der Waals surface area contributed by atoms with Crippen LogP contribution < -0.4 is 0 Å². The topological polar surface area (TPSA) is 29.5 Å². The van der Waals surface area contributed by atoms with Crippen LogP contribution in [0, 0.1) is 0 Å². The van der Waals surface area contributed by atoms with Gasteiger partial charge >= 0.3 is 6.09 Å². The molecule has 2 rings (SSSR count). The van der Waals surface area contributed by atoms with Crippen LogP contribution in [0.25, 0.3) is 0 Å². The van der Waals surface area contributed by atoms with Gasteiger partial charge in [-0.2, -0.15) is 0 Å². The normalized spacial score (nSPS) is 32.9. The molecule has 4 heteroatoms. The highest BCUT2D eigenvalue weighted by Gasteiger charge is 2.40. The summed E-state index contributed by atoms with van der Waals surface area (Å²) in [6.07, 6.45) is 5.55. The number of hydrogen-bond acceptors (Lipinski definition) is 2. The molecule has 3 atom stereocenters. The Morgan fingerprint density at radius 2 is 1.93 bits per heavy atom. The highest BCUT2D eigenvalue weighted by atomic mass is 35.5. The lowest BCUT2D eigenvalue weighted by Gasteiger charge is -2.34. The minimum Gasteiger partial charge on any atom is -0.430 e. The lowest BCUT2D eigenvalue weighted by atomic mass is 10.0. The van der Waals surface area contributed by atoms with E-state index in [0.29, 0.717) is 12.1 Å². The smallest absolute Gasteiger partial charge is 0.411 e. The fourth-order valence-electron chi connectivity index (χ4n) is 2.61. The van der Waals surface area contributed by atoms with Gasteiger partial charge in [0.25, 0.3) is 0 Å². The third kappa shape index (κ3) is 1.83. The molecule has 0 saturated carbocycles. The van der Waals surface area contributed by atoms with Gasteiger partial charge in [0.2, 0.25) is 0 Å². The van der Waals surface area contributed by atoms with Gasteiger partial charge in [-0.25, -0.2) is 4.79 Å². The zero-order valence-electron chi connectivity index (χ0n) is 8.41. The van der Waals surface area contributed by atoms with Gasteiger partial charge in [-0.15, -0.1) is 0 Å². The van der Waals surface area contributed by atoms with Crippen LogP contribution in [0.4, 0.5) is 4.79 Å². The summed E-state index contributed by atoms with van der Waals surface area (Å²) >= 11 is 5.64. The average Bonchev–Trinajstić information content (AvgIpc) is 2.36. The van der Waals surface area contributed by atoms with E-state index in [0.717, 1.165) is 25.7 Å². The molecule has 2 heterocycles. The Labute approximate surface area is 89.4 Å². The average molecular weight is 218 g/mol. The lowest BCUT2D eigenvalue weighted by molar-refractivity contribution is 0.0647. The molecule has 80 valence electrons. The van der Waals surface area contributed by atoms with E-state index >= 15 is 0 Å². The predicted octanol–water partition coefficient (Wildman–Crippen LogP) is 2.72. The van der Waals surface area contributed by atoms with Crippen molar-refractivity contribution < 1.29 is 9.53 Å². The number of halogens is 1. The number of nitrogens with zero attached hydrogens (tertiary/aromatic N) is 1. The zero-order valence-corrected chi connectivity index (χ0v) is 9.17. The summed E-state index contributed by atoms with van der Waals surface area (Å²) in [5.74, 6) is 0. The fourth-order valence-corrected chi connectivity index (χ4v) is 2.69. The Morgan fingerprint density at radius 1 is 1.36 bits per heavy atom. The van der Waals surface area contributed by atoms with Crippen molar-refractivity contribution in [2.75, 3.05) is 0 Å². The summed E-state index contributed by atoms with van der Waals surface area (Å²) in [7, 11) is 0. The number of alkyl halides is 1. The van der Waals surface area contributed by atoms with Crippen molar-refractivity contribution in [3.05, 3.63) is 0 Å². The zero-order chi connectivity index (χ0) is 10.1. The second-order valence-corrected chi connectivity index (χ2v) is 4.76. The summed E-state index contributed by atoms with van der Waals surface area (Å²) < 4.78 is 5.02. The van der Waals surface area contributed by atoms with Crippen LogP contribution in [0.3, 0.4) is 0 Å². The monoisotopic (exact) mass is 217 g/mol. The number of hydrogen-bond donors (Lipinski definition) is 0. The number of ether oxygens (including phenoxy) is 1. The van der Waals surface area contributed by atoms with Crippen LogP contribution >= 0.6 is 11.6 Å². The van der Waals surface area contributed by atoms with Crippen LogP contribution in [-0.2, 0) is 4.74 Å². The van der Waals surface area contributed by atoms with Crippen molar-refractivity contribution in [3.63, 3.8) is 0 Å². The summed E-state index contributed by atoms with van der Waals surface area (Å²) in [6, 6.07) is 0.827. The molecule has 3 nitrogen and oxygen atoms in total. The molecule has 0 aliphatic carbocycles. The van der Waals surface area contributed by atoms with Crippen molar-refractivity contribution in [1.29, 1.82) is 0 Å². The maximum Gasteiger partial charge on any atom is 0.411 e. The quantitative estimate of drug-likeness (QED) is 0.632. The first-order valence-corrected chi connectivity index (χ1v) is 5.75. The molecule has 2 aliphatic rings. The molecule has 1 amide bonds. The minimum atomic E-state index is -0.524. The van der Waals surface area contributed by atoms with Crippen molar-refractivity contribution in [3.8, 4) is 0 Å². The van der Waals surface area contributed by atoms with Gasteiger partial charge in [-0.3, -0.25) is 0 Å². The SMILES string of the molecule is CC(Cl)OC(=O)N1C2CCCC1CC2. The van der Waals surface area contributed by atoms with Crippen molar-refractivity contribution in [2.45, 2.75) is 56.7 Å². The highest BCUT2D eigenvalue weighted by Crippen LogP contribution is 2.35. The third-order valence-electron chi connectivity index (χ3n) is 3.17. The molecule has 0 spiro atoms. The van der Waals surface area contributed by atoms with Gasteiger partial charge < -0.3 is 9.64 Å². The molecule has 14 heavy (non-hydrogen) atoms. The van der Waals surface area contributed by atoms with Crippen LogP contribution in [0.1, 0.15) is 39.0 Å². The second-order valence-electron chi connectivity index (χ2n) is 4.15. The van der Waals surface area contributed by atoms with E-state index in [1.165, 1.54) is 6.42 Å². The number of carbonyl (C=O) groups is 1. The molecular formula is C10H16ClNO2. The summed E-state index contributed by atoms with van der Waals surface area (Å²) in [4.78, 5) is 13.6. The molecule has 0 aromatic rings. The Morgan fingerprint density at radius 3 is 2.43 bits per heavy atom. The largest absolute Gasteiger partial charge is 0.430 e. The molecule has 3 unspecified atom stereocenters. The Kier molecular flexibility index (Phi) is 2.86. The van der Waals surface area contributed by atoms with Crippen LogP contribution in [0.5, 0.6) is 0 Å². The van der Waals surface area contributed by atoms with Gasteiger partial charge in [-0.1, -0.05) is 11.6 Å². The maximum atomic E-state index is 11.7. The van der Waals surface area contributed by atoms with Crippen molar-refractivity contribution in [1.82, 2.24) is 4.90 Å². The van der Waals surface area contributed by atoms with E-state index in [1.54, 1.807) is 6.92 Å². The summed E-state index contributed by atoms with van der Waals surface area (Å²) in [5.41, 5.74) is -0.524. The molecule has 0 radical (unpaired) electrons. The second kappa shape index (κ2) is 3.97. The molecule has 2 aliphatic heterocycles. The fraction of sp³-hybridized carbons (Fsp3) is 0.900. The number of piperidine rings is 1. The third-order valence-corrected chi connectivity index (χ3v) is 3.26. The predicted molar refractivity (Wildman–Crippen MR) is 54.3 cm³/mol. The maximum absolute atomic E-state index is 11.7. The minimum absolute atomic E-state index is 0.222. The van der Waals surface area contributed by atoms with Gasteiger partial charge in [-0.05, 0) is 39.0 Å². The first-order valence-electron chi connectivity index (χ1n) is 5.31. The first kappa shape index (κ1) is 10.1. The standard InChI is InChI=1S/C10H16ClNO2/c1-7(11)14-10(13)12-8-3-2-4-9(12)6-5-8/h7-9H,2-6H2,1H3. The van der Waals surface area contributed by atoms with E-state index < -0.39 is 5.56 Å². The van der Waals surface area contributed by atoms with E-state index in [-0.39, 0.29) is 6.09 Å². The number of amides is 1. The molecule has 2 fully saturated rings. The lowest BCUT2D eigenvalue weighted by Crippen LogP contribution is -2.44. The van der Waals surface area contributed by atoms with Crippen molar-refractivity contribution >= 4 is 17.7 Å². The molecular weight excluding hydrogens is 202 g/mol. The molecule has 2 bridgehead atoms. The van der Waals surface area contributed by atoms with E-state index in [2.05, 4.69) is 0 Å². The van der Waals surface area contributed by atoms with E-state index in [4.69, 9.17) is 16.3 Å². The number of fused-ring (bicyclic) bond motifs is 2. The Balaban J connectivity index is 2.00. The summed E-state index contributed by atoms with van der Waals surface area (Å²) in [5, 5.41) is 0. The first-order chi connectivity index (χ1) is 6.68. The van der Waals surface area contributed by atoms with Gasteiger partial charge in [0.15, 0.2) is 5.56 Å².